The van der Waals surface area contributed by atoms with E-state index in [0.29, 0.717) is 12.2 Å². The molecule has 1 aliphatic rings. The van der Waals surface area contributed by atoms with Gasteiger partial charge >= 0.3 is 0 Å². The summed E-state index contributed by atoms with van der Waals surface area (Å²) in [6.45, 7) is 9.75. The molecule has 1 heterocycles. The van der Waals surface area contributed by atoms with E-state index in [9.17, 15) is 5.11 Å². The lowest BCUT2D eigenvalue weighted by atomic mass is 9.86. The van der Waals surface area contributed by atoms with Crippen molar-refractivity contribution in [3.05, 3.63) is 22.3 Å². The van der Waals surface area contributed by atoms with Crippen LogP contribution < -0.4 is 4.74 Å². The SMILES string of the molecule is CO/N=C1/Cc2c(C)c(O)c(C)c(C)c2OC1(C)C. The summed E-state index contributed by atoms with van der Waals surface area (Å²) in [6.07, 6.45) is 0.636. The second kappa shape index (κ2) is 4.44. The van der Waals surface area contributed by atoms with Gasteiger partial charge in [-0.25, -0.2) is 0 Å². The van der Waals surface area contributed by atoms with E-state index in [4.69, 9.17) is 9.57 Å². The summed E-state index contributed by atoms with van der Waals surface area (Å²) in [7, 11) is 1.53. The van der Waals surface area contributed by atoms with Crippen LogP contribution in [-0.4, -0.2) is 23.5 Å². The zero-order valence-electron chi connectivity index (χ0n) is 12.4. The van der Waals surface area contributed by atoms with Crippen LogP contribution >= 0.6 is 0 Å². The van der Waals surface area contributed by atoms with E-state index in [1.807, 2.05) is 34.6 Å². The minimum atomic E-state index is -0.496. The van der Waals surface area contributed by atoms with E-state index in [1.165, 1.54) is 7.11 Å². The van der Waals surface area contributed by atoms with Gasteiger partial charge in [0.25, 0.3) is 0 Å². The number of nitrogens with zero attached hydrogens (tertiary/aromatic N) is 1. The van der Waals surface area contributed by atoms with Crippen LogP contribution in [0.1, 0.15) is 36.1 Å². The van der Waals surface area contributed by atoms with Crippen LogP contribution in [0.3, 0.4) is 0 Å². The molecule has 19 heavy (non-hydrogen) atoms. The first-order valence-corrected chi connectivity index (χ1v) is 6.40. The van der Waals surface area contributed by atoms with E-state index in [1.54, 1.807) is 0 Å². The lowest BCUT2D eigenvalue weighted by Crippen LogP contribution is -2.43. The van der Waals surface area contributed by atoms with Gasteiger partial charge in [-0.1, -0.05) is 5.16 Å². The van der Waals surface area contributed by atoms with E-state index >= 15 is 0 Å². The van der Waals surface area contributed by atoms with Crippen molar-refractivity contribution < 1.29 is 14.7 Å². The van der Waals surface area contributed by atoms with Crippen molar-refractivity contribution in [2.45, 2.75) is 46.6 Å². The summed E-state index contributed by atoms with van der Waals surface area (Å²) in [6, 6.07) is 0. The molecule has 1 aromatic carbocycles. The first kappa shape index (κ1) is 13.7. The highest BCUT2D eigenvalue weighted by atomic mass is 16.6. The van der Waals surface area contributed by atoms with Gasteiger partial charge in [0, 0.05) is 12.0 Å². The average Bonchev–Trinajstić information content (AvgIpc) is 2.35. The Bertz CT molecular complexity index is 559. The number of phenols is 1. The second-order valence-corrected chi connectivity index (χ2v) is 5.54. The minimum absolute atomic E-state index is 0.344. The summed E-state index contributed by atoms with van der Waals surface area (Å²) in [4.78, 5) is 4.90. The molecule has 1 aliphatic heterocycles. The molecule has 0 atom stereocenters. The molecule has 0 spiro atoms. The van der Waals surface area contributed by atoms with Crippen molar-refractivity contribution in [2.24, 2.45) is 5.16 Å². The number of hydrogen-bond acceptors (Lipinski definition) is 4. The molecular weight excluding hydrogens is 242 g/mol. The number of rotatable bonds is 1. The molecule has 4 nitrogen and oxygen atoms in total. The van der Waals surface area contributed by atoms with Gasteiger partial charge in [-0.3, -0.25) is 0 Å². The van der Waals surface area contributed by atoms with Gasteiger partial charge in [0.15, 0.2) is 0 Å². The largest absolute Gasteiger partial charge is 0.507 e. The maximum atomic E-state index is 10.2. The van der Waals surface area contributed by atoms with Crippen molar-refractivity contribution >= 4 is 5.71 Å². The van der Waals surface area contributed by atoms with E-state index in [-0.39, 0.29) is 0 Å². The molecule has 0 saturated carbocycles. The fraction of sp³-hybridized carbons (Fsp3) is 0.533. The van der Waals surface area contributed by atoms with E-state index < -0.39 is 5.60 Å². The number of fused-ring (bicyclic) bond motifs is 1. The summed E-state index contributed by atoms with van der Waals surface area (Å²) in [5.74, 6) is 1.21. The maximum absolute atomic E-state index is 10.2. The molecule has 4 heteroatoms. The van der Waals surface area contributed by atoms with Crippen LogP contribution in [0.25, 0.3) is 0 Å². The third-order valence-corrected chi connectivity index (χ3v) is 3.94. The zero-order valence-corrected chi connectivity index (χ0v) is 12.4. The molecule has 1 aromatic rings. The standard InChI is InChI=1S/C15H21NO3/c1-8-9(2)14-11(10(3)13(8)17)7-12(16-18-6)15(4,5)19-14/h17H,7H2,1-6H3/b16-12-. The quantitative estimate of drug-likeness (QED) is 0.792. The number of aromatic hydroxyl groups is 1. The molecule has 0 amide bonds. The van der Waals surface area contributed by atoms with Crippen molar-refractivity contribution in [2.75, 3.05) is 7.11 Å². The topological polar surface area (TPSA) is 51.0 Å². The monoisotopic (exact) mass is 263 g/mol. The van der Waals surface area contributed by atoms with Crippen molar-refractivity contribution in [3.63, 3.8) is 0 Å². The minimum Gasteiger partial charge on any atom is -0.507 e. The number of hydrogen-bond donors (Lipinski definition) is 1. The molecule has 1 N–H and O–H groups in total. The molecule has 0 saturated heterocycles. The van der Waals surface area contributed by atoms with E-state index in [0.717, 1.165) is 33.7 Å². The highest BCUT2D eigenvalue weighted by molar-refractivity contribution is 5.96. The molecule has 0 fully saturated rings. The fourth-order valence-electron chi connectivity index (χ4n) is 2.47. The van der Waals surface area contributed by atoms with Crippen molar-refractivity contribution in [1.29, 1.82) is 0 Å². The van der Waals surface area contributed by atoms with Gasteiger partial charge in [-0.15, -0.1) is 0 Å². The van der Waals surface area contributed by atoms with E-state index in [2.05, 4.69) is 5.16 Å². The Balaban J connectivity index is 2.66. The Kier molecular flexibility index (Phi) is 3.20. The molecule has 0 bridgehead atoms. The van der Waals surface area contributed by atoms with Crippen LogP contribution in [-0.2, 0) is 11.3 Å². The Labute approximate surface area is 114 Å². The number of benzene rings is 1. The highest BCUT2D eigenvalue weighted by Gasteiger charge is 2.36. The van der Waals surface area contributed by atoms with Gasteiger partial charge in [0.1, 0.15) is 29.9 Å². The van der Waals surface area contributed by atoms with Gasteiger partial charge in [-0.05, 0) is 51.3 Å². The molecule has 104 valence electrons. The van der Waals surface area contributed by atoms with Crippen LogP contribution in [0.15, 0.2) is 5.16 Å². The number of ether oxygens (including phenoxy) is 1. The first-order valence-electron chi connectivity index (χ1n) is 6.40. The van der Waals surface area contributed by atoms with Crippen LogP contribution in [0.2, 0.25) is 0 Å². The molecule has 0 unspecified atom stereocenters. The molecule has 2 rings (SSSR count). The van der Waals surface area contributed by atoms with Gasteiger partial charge in [0.2, 0.25) is 0 Å². The summed E-state index contributed by atoms with van der Waals surface area (Å²) >= 11 is 0. The van der Waals surface area contributed by atoms with Crippen molar-refractivity contribution in [3.8, 4) is 11.5 Å². The predicted octanol–water partition coefficient (Wildman–Crippen LogP) is 3.03. The lowest BCUT2D eigenvalue weighted by molar-refractivity contribution is 0.151. The van der Waals surface area contributed by atoms with Gasteiger partial charge in [0.05, 0.1) is 0 Å². The summed E-state index contributed by atoms with van der Waals surface area (Å²) < 4.78 is 6.11. The second-order valence-electron chi connectivity index (χ2n) is 5.54. The normalized spacial score (nSPS) is 18.9. The van der Waals surface area contributed by atoms with Crippen molar-refractivity contribution in [1.82, 2.24) is 0 Å². The predicted molar refractivity (Wildman–Crippen MR) is 75.2 cm³/mol. The average molecular weight is 263 g/mol. The van der Waals surface area contributed by atoms with Crippen LogP contribution in [0.5, 0.6) is 11.5 Å². The Hall–Kier alpha value is -1.71. The zero-order chi connectivity index (χ0) is 14.4. The Morgan fingerprint density at radius 1 is 1.16 bits per heavy atom. The molecular formula is C15H21NO3. The first-order chi connectivity index (χ1) is 8.79. The smallest absolute Gasteiger partial charge is 0.145 e. The summed E-state index contributed by atoms with van der Waals surface area (Å²) in [5.41, 5.74) is 4.05. The molecule has 0 aliphatic carbocycles. The summed E-state index contributed by atoms with van der Waals surface area (Å²) in [5, 5.41) is 14.2. The lowest BCUT2D eigenvalue weighted by Gasteiger charge is -2.35. The third-order valence-electron chi connectivity index (χ3n) is 3.94. The Morgan fingerprint density at radius 3 is 2.37 bits per heavy atom. The van der Waals surface area contributed by atoms with Crippen LogP contribution in [0.4, 0.5) is 0 Å². The Morgan fingerprint density at radius 2 is 1.79 bits per heavy atom. The third kappa shape index (κ3) is 2.05. The maximum Gasteiger partial charge on any atom is 0.145 e. The fourth-order valence-corrected chi connectivity index (χ4v) is 2.47. The van der Waals surface area contributed by atoms with Gasteiger partial charge in [-0.2, -0.15) is 0 Å². The molecule has 0 aromatic heterocycles. The number of oxime groups is 1. The van der Waals surface area contributed by atoms with Gasteiger partial charge < -0.3 is 14.7 Å². The number of phenolic OH excluding ortho intramolecular Hbond substituents is 1. The van der Waals surface area contributed by atoms with Crippen LogP contribution in [0, 0.1) is 20.8 Å². The highest BCUT2D eigenvalue weighted by Crippen LogP contribution is 2.42. The molecule has 0 radical (unpaired) electrons.